The topological polar surface area (TPSA) is 18.5 Å². The Morgan fingerprint density at radius 2 is 1.75 bits per heavy atom. The van der Waals surface area contributed by atoms with E-state index in [1.54, 1.807) is 0 Å². The van der Waals surface area contributed by atoms with Gasteiger partial charge in [0.1, 0.15) is 11.7 Å². The summed E-state index contributed by atoms with van der Waals surface area (Å²) in [5.74, 6) is 0. The summed E-state index contributed by atoms with van der Waals surface area (Å²) in [6.07, 6.45) is 0. The third-order valence-electron chi connectivity index (χ3n) is 3.45. The van der Waals surface area contributed by atoms with E-state index in [9.17, 15) is 0 Å². The summed E-state index contributed by atoms with van der Waals surface area (Å²) in [5.41, 5.74) is 6.76. The fourth-order valence-electron chi connectivity index (χ4n) is 2.41. The molecular weight excluding hydrogens is 266 g/mol. The van der Waals surface area contributed by atoms with Gasteiger partial charge in [0, 0.05) is 17.8 Å². The van der Waals surface area contributed by atoms with Crippen molar-refractivity contribution in [2.45, 2.75) is 6.92 Å². The predicted molar refractivity (Wildman–Crippen MR) is 87.9 cm³/mol. The van der Waals surface area contributed by atoms with Gasteiger partial charge in [0.05, 0.1) is 5.69 Å². The first-order valence-electron chi connectivity index (χ1n) is 6.77. The fraction of sp³-hybridized carbons (Fsp3) is 0.188. The van der Waals surface area contributed by atoms with Crippen LogP contribution in [0, 0.1) is 0 Å². The molecular formula is C16H17N3S. The highest BCUT2D eigenvalue weighted by Gasteiger charge is 2.25. The van der Waals surface area contributed by atoms with E-state index in [-0.39, 0.29) is 0 Å². The van der Waals surface area contributed by atoms with E-state index in [4.69, 9.17) is 12.2 Å². The molecule has 4 heteroatoms. The van der Waals surface area contributed by atoms with Crippen LogP contribution in [0.25, 0.3) is 0 Å². The van der Waals surface area contributed by atoms with Gasteiger partial charge in [-0.1, -0.05) is 42.5 Å². The first-order chi connectivity index (χ1) is 9.79. The molecule has 2 aromatic carbocycles. The first-order valence-corrected chi connectivity index (χ1v) is 7.18. The van der Waals surface area contributed by atoms with Crippen molar-refractivity contribution in [2.24, 2.45) is 0 Å². The molecule has 3 rings (SSSR count). The zero-order chi connectivity index (χ0) is 13.9. The lowest BCUT2D eigenvalue weighted by molar-refractivity contribution is 0.483. The number of anilines is 2. The van der Waals surface area contributed by atoms with E-state index in [2.05, 4.69) is 35.4 Å². The number of para-hydroxylation sites is 2. The lowest BCUT2D eigenvalue weighted by Crippen LogP contribution is -2.48. The predicted octanol–water partition coefficient (Wildman–Crippen LogP) is 3.49. The van der Waals surface area contributed by atoms with Crippen molar-refractivity contribution in [1.82, 2.24) is 5.01 Å². The molecule has 20 heavy (non-hydrogen) atoms. The Balaban J connectivity index is 1.90. The SMILES string of the molecule is CCN1CN(Nc2ccccc2)C(=S)c2ccccc21. The minimum Gasteiger partial charge on any atom is -0.352 e. The van der Waals surface area contributed by atoms with Crippen LogP contribution in [-0.4, -0.2) is 23.2 Å². The van der Waals surface area contributed by atoms with Crippen LogP contribution < -0.4 is 10.3 Å². The number of nitrogens with one attached hydrogen (secondary N) is 1. The number of benzene rings is 2. The molecule has 0 aliphatic carbocycles. The third-order valence-corrected chi connectivity index (χ3v) is 3.89. The van der Waals surface area contributed by atoms with Gasteiger partial charge < -0.3 is 4.90 Å². The summed E-state index contributed by atoms with van der Waals surface area (Å²) in [4.78, 5) is 3.15. The molecule has 0 fully saturated rings. The molecule has 102 valence electrons. The monoisotopic (exact) mass is 283 g/mol. The molecule has 0 saturated heterocycles. The molecule has 2 aromatic rings. The van der Waals surface area contributed by atoms with Crippen molar-refractivity contribution in [3.8, 4) is 0 Å². The highest BCUT2D eigenvalue weighted by molar-refractivity contribution is 7.80. The van der Waals surface area contributed by atoms with Crippen molar-refractivity contribution < 1.29 is 0 Å². The average molecular weight is 283 g/mol. The highest BCUT2D eigenvalue weighted by atomic mass is 32.1. The molecule has 0 amide bonds. The van der Waals surface area contributed by atoms with Crippen molar-refractivity contribution in [2.75, 3.05) is 23.5 Å². The van der Waals surface area contributed by atoms with Gasteiger partial charge in [-0.3, -0.25) is 10.4 Å². The largest absolute Gasteiger partial charge is 0.352 e. The van der Waals surface area contributed by atoms with Gasteiger partial charge in [-0.25, -0.2) is 0 Å². The molecule has 3 nitrogen and oxygen atoms in total. The molecule has 0 aromatic heterocycles. The molecule has 1 N–H and O–H groups in total. The number of thiocarbonyl (C=S) groups is 1. The summed E-state index contributed by atoms with van der Waals surface area (Å²) < 4.78 is 0. The number of rotatable bonds is 3. The number of fused-ring (bicyclic) bond motifs is 1. The Morgan fingerprint density at radius 1 is 1.05 bits per heavy atom. The maximum Gasteiger partial charge on any atom is 0.131 e. The van der Waals surface area contributed by atoms with Crippen LogP contribution in [0.5, 0.6) is 0 Å². The highest BCUT2D eigenvalue weighted by Crippen LogP contribution is 2.27. The Labute approximate surface area is 124 Å². The molecule has 0 spiro atoms. The summed E-state index contributed by atoms with van der Waals surface area (Å²) in [7, 11) is 0. The van der Waals surface area contributed by atoms with E-state index in [1.165, 1.54) is 5.69 Å². The summed E-state index contributed by atoms with van der Waals surface area (Å²) in [6.45, 7) is 3.86. The number of hydrazine groups is 1. The van der Waals surface area contributed by atoms with Gasteiger partial charge in [0.25, 0.3) is 0 Å². The zero-order valence-electron chi connectivity index (χ0n) is 11.4. The molecule has 0 atom stereocenters. The second kappa shape index (κ2) is 5.51. The fourth-order valence-corrected chi connectivity index (χ4v) is 2.69. The zero-order valence-corrected chi connectivity index (χ0v) is 12.2. The molecule has 1 heterocycles. The van der Waals surface area contributed by atoms with Gasteiger partial charge in [-0.2, -0.15) is 0 Å². The smallest absolute Gasteiger partial charge is 0.131 e. The quantitative estimate of drug-likeness (QED) is 0.869. The first kappa shape index (κ1) is 12.9. The Kier molecular flexibility index (Phi) is 3.56. The van der Waals surface area contributed by atoms with Gasteiger partial charge >= 0.3 is 0 Å². The van der Waals surface area contributed by atoms with E-state index in [0.717, 1.165) is 29.5 Å². The number of hydrogen-bond acceptors (Lipinski definition) is 3. The maximum atomic E-state index is 5.62. The van der Waals surface area contributed by atoms with Crippen LogP contribution in [0.15, 0.2) is 54.6 Å². The van der Waals surface area contributed by atoms with E-state index in [1.807, 2.05) is 41.4 Å². The second-order valence-electron chi connectivity index (χ2n) is 4.73. The lowest BCUT2D eigenvalue weighted by atomic mass is 10.1. The minimum atomic E-state index is 0.751. The normalized spacial score (nSPS) is 14.2. The molecule has 0 radical (unpaired) electrons. The molecule has 0 bridgehead atoms. The second-order valence-corrected chi connectivity index (χ2v) is 5.11. The Hall–Kier alpha value is -2.07. The van der Waals surface area contributed by atoms with E-state index < -0.39 is 0 Å². The van der Waals surface area contributed by atoms with E-state index in [0.29, 0.717) is 0 Å². The van der Waals surface area contributed by atoms with Crippen LogP contribution >= 0.6 is 12.2 Å². The summed E-state index contributed by atoms with van der Waals surface area (Å²) in [6, 6.07) is 18.4. The molecule has 0 unspecified atom stereocenters. The van der Waals surface area contributed by atoms with Crippen LogP contribution in [-0.2, 0) is 0 Å². The lowest BCUT2D eigenvalue weighted by Gasteiger charge is -2.39. The standard InChI is InChI=1S/C16H17N3S/c1-2-18-12-19(17-13-8-4-3-5-9-13)16(20)14-10-6-7-11-15(14)18/h3-11,17H,2,12H2,1H3. The van der Waals surface area contributed by atoms with Gasteiger partial charge in [-0.05, 0) is 31.2 Å². The van der Waals surface area contributed by atoms with Crippen LogP contribution in [0.4, 0.5) is 11.4 Å². The van der Waals surface area contributed by atoms with Crippen molar-refractivity contribution in [3.63, 3.8) is 0 Å². The summed E-state index contributed by atoms with van der Waals surface area (Å²) >= 11 is 5.62. The van der Waals surface area contributed by atoms with Crippen molar-refractivity contribution in [3.05, 3.63) is 60.2 Å². The molecule has 1 aliphatic heterocycles. The van der Waals surface area contributed by atoms with Gasteiger partial charge in [-0.15, -0.1) is 0 Å². The molecule has 1 aliphatic rings. The average Bonchev–Trinajstić information content (AvgIpc) is 2.51. The van der Waals surface area contributed by atoms with E-state index >= 15 is 0 Å². The van der Waals surface area contributed by atoms with Crippen LogP contribution in [0.2, 0.25) is 0 Å². The maximum absolute atomic E-state index is 5.62. The van der Waals surface area contributed by atoms with Crippen LogP contribution in [0.3, 0.4) is 0 Å². The van der Waals surface area contributed by atoms with Crippen LogP contribution in [0.1, 0.15) is 12.5 Å². The number of hydrogen-bond donors (Lipinski definition) is 1. The Morgan fingerprint density at radius 3 is 2.50 bits per heavy atom. The van der Waals surface area contributed by atoms with Gasteiger partial charge in [0.2, 0.25) is 0 Å². The van der Waals surface area contributed by atoms with Crippen molar-refractivity contribution in [1.29, 1.82) is 0 Å². The minimum absolute atomic E-state index is 0.751. The molecule has 0 saturated carbocycles. The Bertz CT molecular complexity index is 612. The van der Waals surface area contributed by atoms with Crippen molar-refractivity contribution >= 4 is 28.6 Å². The third kappa shape index (κ3) is 2.34. The number of nitrogens with zero attached hydrogens (tertiary/aromatic N) is 2. The van der Waals surface area contributed by atoms with Gasteiger partial charge in [0.15, 0.2) is 0 Å². The summed E-state index contributed by atoms with van der Waals surface area (Å²) in [5, 5.41) is 2.02.